The van der Waals surface area contributed by atoms with Crippen molar-refractivity contribution >= 4 is 29.3 Å². The van der Waals surface area contributed by atoms with Gasteiger partial charge in [-0.1, -0.05) is 26.0 Å². The van der Waals surface area contributed by atoms with Crippen LogP contribution in [-0.2, 0) is 4.79 Å². The number of nitrogens with two attached hydrogens (primary N) is 2. The number of carbonyl (C=O) groups is 2. The van der Waals surface area contributed by atoms with Crippen molar-refractivity contribution in [1.82, 2.24) is 15.0 Å². The molecule has 0 fully saturated rings. The number of rotatable bonds is 9. The minimum Gasteiger partial charge on any atom is -0.368 e. The molecule has 2 amide bonds. The topological polar surface area (TPSA) is 169 Å². The van der Waals surface area contributed by atoms with E-state index in [0.717, 1.165) is 11.1 Å². The molecule has 0 aliphatic carbocycles. The van der Waals surface area contributed by atoms with Gasteiger partial charge in [0.1, 0.15) is 11.6 Å². The number of hydrogen-bond donors (Lipinski definition) is 5. The summed E-state index contributed by atoms with van der Waals surface area (Å²) in [5.41, 5.74) is 12.3. The average molecular weight is 435 g/mol. The van der Waals surface area contributed by atoms with Gasteiger partial charge >= 0.3 is 0 Å². The molecule has 0 radical (unpaired) electrons. The Balaban J connectivity index is 1.91. The highest BCUT2D eigenvalue weighted by Crippen LogP contribution is 2.23. The number of H-pyrrole nitrogens is 1. The first-order valence-corrected chi connectivity index (χ1v) is 10.0. The molecule has 0 saturated carbocycles. The molecule has 0 saturated heterocycles. The van der Waals surface area contributed by atoms with Gasteiger partial charge in [0, 0.05) is 18.1 Å². The van der Waals surface area contributed by atoms with Gasteiger partial charge in [-0.3, -0.25) is 24.4 Å². The van der Waals surface area contributed by atoms with Crippen LogP contribution in [0.25, 0.3) is 11.1 Å². The fourth-order valence-corrected chi connectivity index (χ4v) is 3.17. The molecule has 166 valence electrons. The summed E-state index contributed by atoms with van der Waals surface area (Å²) in [7, 11) is 0. The molecule has 32 heavy (non-hydrogen) atoms. The first-order valence-electron chi connectivity index (χ1n) is 10.0. The zero-order chi connectivity index (χ0) is 23.3. The second-order valence-electron chi connectivity index (χ2n) is 7.67. The third-order valence-corrected chi connectivity index (χ3v) is 4.69. The van der Waals surface area contributed by atoms with Crippen LogP contribution < -0.4 is 27.7 Å². The van der Waals surface area contributed by atoms with E-state index in [1.165, 1.54) is 0 Å². The van der Waals surface area contributed by atoms with Crippen LogP contribution in [-0.4, -0.2) is 32.8 Å². The zero-order valence-corrected chi connectivity index (χ0v) is 17.8. The molecule has 1 unspecified atom stereocenters. The molecule has 2 heterocycles. The maximum absolute atomic E-state index is 12.5. The van der Waals surface area contributed by atoms with E-state index < -0.39 is 23.4 Å². The molecule has 1 atom stereocenters. The Hall–Kier alpha value is -4.21. The zero-order valence-electron chi connectivity index (χ0n) is 17.8. The lowest BCUT2D eigenvalue weighted by Gasteiger charge is -2.18. The van der Waals surface area contributed by atoms with E-state index in [0.29, 0.717) is 12.1 Å². The molecule has 0 spiro atoms. The van der Waals surface area contributed by atoms with Crippen molar-refractivity contribution in [2.24, 2.45) is 17.4 Å². The third kappa shape index (κ3) is 5.48. The number of nitrogens with zero attached hydrogens (tertiary/aromatic N) is 2. The lowest BCUT2D eigenvalue weighted by Crippen LogP contribution is -2.38. The average Bonchev–Trinajstić information content (AvgIpc) is 2.73. The predicted molar refractivity (Wildman–Crippen MR) is 122 cm³/mol. The highest BCUT2D eigenvalue weighted by molar-refractivity contribution is 5.98. The first kappa shape index (κ1) is 22.5. The van der Waals surface area contributed by atoms with E-state index in [1.54, 1.807) is 24.5 Å². The van der Waals surface area contributed by atoms with Crippen molar-refractivity contribution < 1.29 is 9.59 Å². The lowest BCUT2D eigenvalue weighted by atomic mass is 10.0. The number of pyridine rings is 1. The lowest BCUT2D eigenvalue weighted by molar-refractivity contribution is -0.119. The van der Waals surface area contributed by atoms with E-state index in [4.69, 9.17) is 11.5 Å². The van der Waals surface area contributed by atoms with Crippen molar-refractivity contribution in [3.63, 3.8) is 0 Å². The van der Waals surface area contributed by atoms with E-state index in [-0.39, 0.29) is 23.2 Å². The maximum atomic E-state index is 12.5. The number of aromatic nitrogens is 3. The monoisotopic (exact) mass is 435 g/mol. The summed E-state index contributed by atoms with van der Waals surface area (Å²) in [6.45, 7) is 3.87. The van der Waals surface area contributed by atoms with Crippen LogP contribution in [0, 0.1) is 5.92 Å². The predicted octanol–water partition coefficient (Wildman–Crippen LogP) is 1.99. The Morgan fingerprint density at radius 2 is 1.66 bits per heavy atom. The fourth-order valence-electron chi connectivity index (χ4n) is 3.17. The molecular formula is C22H25N7O3. The Morgan fingerprint density at radius 1 is 1.03 bits per heavy atom. The van der Waals surface area contributed by atoms with Crippen LogP contribution in [0.3, 0.4) is 0 Å². The number of anilines is 3. The molecule has 1 aromatic carbocycles. The molecule has 0 aliphatic heterocycles. The van der Waals surface area contributed by atoms with Gasteiger partial charge < -0.3 is 22.1 Å². The van der Waals surface area contributed by atoms with Crippen molar-refractivity contribution in [2.45, 2.75) is 26.3 Å². The largest absolute Gasteiger partial charge is 0.368 e. The number of carbonyl (C=O) groups excluding carboxylic acids is 2. The molecule has 0 bridgehead atoms. The molecular weight excluding hydrogens is 410 g/mol. The SMILES string of the molecule is CC(C)CC(Nc1nc(Nc2ccc(-c3ccncc3)cc2)c(C(N)=O)c(=O)[nH]1)C(N)=O. The summed E-state index contributed by atoms with van der Waals surface area (Å²) < 4.78 is 0. The molecule has 7 N–H and O–H groups in total. The highest BCUT2D eigenvalue weighted by Gasteiger charge is 2.21. The summed E-state index contributed by atoms with van der Waals surface area (Å²) in [4.78, 5) is 46.9. The van der Waals surface area contributed by atoms with Crippen molar-refractivity contribution in [3.8, 4) is 11.1 Å². The molecule has 10 heteroatoms. The van der Waals surface area contributed by atoms with Gasteiger partial charge in [0.05, 0.1) is 0 Å². The second-order valence-corrected chi connectivity index (χ2v) is 7.67. The standard InChI is InChI=1S/C22H25N7O3/c1-12(2)11-16(18(23)30)27-22-28-20(17(19(24)31)21(32)29-22)26-15-5-3-13(4-6-15)14-7-9-25-10-8-14/h3-10,12,16H,11H2,1-2H3,(H2,23,30)(H2,24,31)(H3,26,27,28,29,32). The van der Waals surface area contributed by atoms with Gasteiger partial charge in [-0.15, -0.1) is 0 Å². The first-order chi connectivity index (χ1) is 15.2. The minimum atomic E-state index is -0.935. The quantitative estimate of drug-likeness (QED) is 0.342. The summed E-state index contributed by atoms with van der Waals surface area (Å²) >= 11 is 0. The molecule has 3 rings (SSSR count). The number of amides is 2. The van der Waals surface area contributed by atoms with Crippen LogP contribution in [0.5, 0.6) is 0 Å². The van der Waals surface area contributed by atoms with Crippen LogP contribution in [0.1, 0.15) is 30.6 Å². The molecule has 2 aromatic heterocycles. The van der Waals surface area contributed by atoms with Crippen LogP contribution >= 0.6 is 0 Å². The summed E-state index contributed by atoms with van der Waals surface area (Å²) in [6, 6.07) is 10.3. The second kappa shape index (κ2) is 9.73. The van der Waals surface area contributed by atoms with E-state index in [2.05, 4.69) is 25.6 Å². The van der Waals surface area contributed by atoms with Gasteiger partial charge in [0.2, 0.25) is 11.9 Å². The fraction of sp³-hybridized carbons (Fsp3) is 0.227. The Kier molecular flexibility index (Phi) is 6.83. The van der Waals surface area contributed by atoms with Crippen molar-refractivity contribution in [2.75, 3.05) is 10.6 Å². The van der Waals surface area contributed by atoms with Gasteiger partial charge in [-0.2, -0.15) is 4.98 Å². The highest BCUT2D eigenvalue weighted by atomic mass is 16.2. The van der Waals surface area contributed by atoms with E-state index in [1.807, 2.05) is 38.1 Å². The third-order valence-electron chi connectivity index (χ3n) is 4.69. The number of primary amides is 2. The Labute approximate surface area is 184 Å². The van der Waals surface area contributed by atoms with Crippen molar-refractivity contribution in [1.29, 1.82) is 0 Å². The van der Waals surface area contributed by atoms with Gasteiger partial charge in [0.25, 0.3) is 11.5 Å². The summed E-state index contributed by atoms with van der Waals surface area (Å²) in [5.74, 6) is -1.38. The van der Waals surface area contributed by atoms with E-state index >= 15 is 0 Å². The minimum absolute atomic E-state index is 0.000329. The van der Waals surface area contributed by atoms with Crippen LogP contribution in [0.4, 0.5) is 17.5 Å². The maximum Gasteiger partial charge on any atom is 0.267 e. The number of hydrogen-bond acceptors (Lipinski definition) is 7. The summed E-state index contributed by atoms with van der Waals surface area (Å²) in [6.07, 6.45) is 3.85. The Morgan fingerprint density at radius 3 is 2.22 bits per heavy atom. The van der Waals surface area contributed by atoms with E-state index in [9.17, 15) is 14.4 Å². The smallest absolute Gasteiger partial charge is 0.267 e. The Bertz CT molecular complexity index is 1160. The number of benzene rings is 1. The van der Waals surface area contributed by atoms with Crippen molar-refractivity contribution in [3.05, 3.63) is 64.7 Å². The number of aromatic amines is 1. The molecule has 3 aromatic rings. The normalized spacial score (nSPS) is 11.7. The van der Waals surface area contributed by atoms with Crippen LogP contribution in [0.15, 0.2) is 53.6 Å². The molecule has 10 nitrogen and oxygen atoms in total. The molecule has 0 aliphatic rings. The van der Waals surface area contributed by atoms with Crippen LogP contribution in [0.2, 0.25) is 0 Å². The van der Waals surface area contributed by atoms with Gasteiger partial charge in [-0.25, -0.2) is 0 Å². The number of nitrogens with one attached hydrogen (secondary N) is 3. The summed E-state index contributed by atoms with van der Waals surface area (Å²) in [5, 5.41) is 5.79. The van der Waals surface area contributed by atoms with Gasteiger partial charge in [-0.05, 0) is 47.7 Å². The van der Waals surface area contributed by atoms with Gasteiger partial charge in [0.15, 0.2) is 5.82 Å².